The normalized spacial score (nSPS) is 17.8. The molecule has 1 aromatic carbocycles. The number of halogens is 2. The summed E-state index contributed by atoms with van der Waals surface area (Å²) in [6, 6.07) is 4.29. The van der Waals surface area contributed by atoms with Crippen LogP contribution >= 0.6 is 28.3 Å². The van der Waals surface area contributed by atoms with E-state index in [1.165, 1.54) is 5.56 Å². The fourth-order valence-electron chi connectivity index (χ4n) is 3.16. The van der Waals surface area contributed by atoms with Crippen molar-refractivity contribution in [2.24, 2.45) is 7.05 Å². The number of ether oxygens (including phenoxy) is 2. The number of nitrogens with one attached hydrogen (secondary N) is 1. The van der Waals surface area contributed by atoms with E-state index in [0.29, 0.717) is 0 Å². The van der Waals surface area contributed by atoms with Gasteiger partial charge in [0.05, 0.1) is 24.7 Å². The van der Waals surface area contributed by atoms with Crippen molar-refractivity contribution in [1.82, 2.24) is 19.8 Å². The molecule has 1 aliphatic heterocycles. The molecule has 1 aromatic heterocycles. The van der Waals surface area contributed by atoms with Gasteiger partial charge in [-0.05, 0) is 27.6 Å². The minimum absolute atomic E-state index is 0. The molecule has 2 aromatic rings. The van der Waals surface area contributed by atoms with E-state index in [4.69, 9.17) is 9.47 Å². The highest BCUT2D eigenvalue weighted by atomic mass is 79.9. The maximum absolute atomic E-state index is 5.50. The summed E-state index contributed by atoms with van der Waals surface area (Å²) >= 11 is 3.67. The highest BCUT2D eigenvalue weighted by Crippen LogP contribution is 2.38. The number of rotatable bonds is 5. The van der Waals surface area contributed by atoms with E-state index in [9.17, 15) is 0 Å². The Morgan fingerprint density at radius 2 is 2.12 bits per heavy atom. The lowest BCUT2D eigenvalue weighted by molar-refractivity contribution is 0.144. The average Bonchev–Trinajstić information content (AvgIpc) is 3.02. The molecule has 1 N–H and O–H groups in total. The number of aryl methyl sites for hydroxylation is 1. The van der Waals surface area contributed by atoms with Crippen molar-refractivity contribution in [3.63, 3.8) is 0 Å². The summed E-state index contributed by atoms with van der Waals surface area (Å²) in [4.78, 5) is 6.99. The van der Waals surface area contributed by atoms with E-state index in [2.05, 4.69) is 41.8 Å². The van der Waals surface area contributed by atoms with Crippen LogP contribution in [0, 0.1) is 0 Å². The number of piperazine rings is 1. The zero-order valence-corrected chi connectivity index (χ0v) is 17.1. The Balaban J connectivity index is 0.00000225. The van der Waals surface area contributed by atoms with Crippen molar-refractivity contribution in [3.8, 4) is 11.5 Å². The van der Waals surface area contributed by atoms with Gasteiger partial charge in [-0.15, -0.1) is 12.4 Å². The molecule has 1 unspecified atom stereocenters. The number of benzene rings is 1. The Kier molecular flexibility index (Phi) is 7.13. The minimum atomic E-state index is 0. The molecule has 1 saturated heterocycles. The van der Waals surface area contributed by atoms with Crippen molar-refractivity contribution in [2.75, 3.05) is 33.9 Å². The molecule has 138 valence electrons. The van der Waals surface area contributed by atoms with E-state index >= 15 is 0 Å². The number of aromatic nitrogens is 2. The molecule has 1 atom stereocenters. The first-order valence-electron chi connectivity index (χ1n) is 7.97. The maximum atomic E-state index is 5.50. The molecule has 0 amide bonds. The summed E-state index contributed by atoms with van der Waals surface area (Å²) in [6.07, 6.45) is 3.85. The van der Waals surface area contributed by atoms with Gasteiger partial charge >= 0.3 is 0 Å². The number of hydrogen-bond acceptors (Lipinski definition) is 5. The molecule has 0 saturated carbocycles. The van der Waals surface area contributed by atoms with Gasteiger partial charge in [0.25, 0.3) is 0 Å². The van der Waals surface area contributed by atoms with Gasteiger partial charge in [-0.3, -0.25) is 4.90 Å². The highest BCUT2D eigenvalue weighted by Gasteiger charge is 2.27. The lowest BCUT2D eigenvalue weighted by atomic mass is 10.1. The summed E-state index contributed by atoms with van der Waals surface area (Å²) in [5, 5.41) is 3.47. The zero-order valence-electron chi connectivity index (χ0n) is 14.7. The molecule has 0 radical (unpaired) electrons. The molecule has 1 fully saturated rings. The molecule has 2 heterocycles. The van der Waals surface area contributed by atoms with E-state index < -0.39 is 0 Å². The molecule has 3 rings (SSSR count). The molecule has 0 spiro atoms. The van der Waals surface area contributed by atoms with Crippen LogP contribution < -0.4 is 14.8 Å². The van der Waals surface area contributed by atoms with Crippen molar-refractivity contribution >= 4 is 28.3 Å². The van der Waals surface area contributed by atoms with Crippen molar-refractivity contribution in [2.45, 2.75) is 12.6 Å². The van der Waals surface area contributed by atoms with E-state index in [1.54, 1.807) is 14.2 Å². The average molecular weight is 432 g/mol. The monoisotopic (exact) mass is 430 g/mol. The summed E-state index contributed by atoms with van der Waals surface area (Å²) in [5.74, 6) is 2.55. The molecule has 8 heteroatoms. The lowest BCUT2D eigenvalue weighted by Gasteiger charge is -2.36. The molecular weight excluding hydrogens is 408 g/mol. The summed E-state index contributed by atoms with van der Waals surface area (Å²) in [5.41, 5.74) is 1.17. The van der Waals surface area contributed by atoms with E-state index in [0.717, 1.165) is 48.0 Å². The summed E-state index contributed by atoms with van der Waals surface area (Å²) < 4.78 is 13.9. The molecular formula is C17H24BrClN4O2. The van der Waals surface area contributed by atoms with Gasteiger partial charge in [-0.1, -0.05) is 6.07 Å². The third-order valence-corrected chi connectivity index (χ3v) is 5.32. The first-order valence-corrected chi connectivity index (χ1v) is 8.76. The first kappa shape index (κ1) is 20.0. The largest absolute Gasteiger partial charge is 0.493 e. The second-order valence-corrected chi connectivity index (χ2v) is 6.65. The predicted molar refractivity (Wildman–Crippen MR) is 104 cm³/mol. The number of hydrogen-bond donors (Lipinski definition) is 1. The quantitative estimate of drug-likeness (QED) is 0.789. The molecule has 6 nitrogen and oxygen atoms in total. The standard InChI is InChI=1S/C17H23BrN4O2.ClH/c1-21-8-7-20-17(21)13-10-19-6-9-22(13)11-12-4-5-14(23-2)16(24-3)15(12)18;/h4-5,7-8,13,19H,6,9-11H2,1-3H3;1H. The number of methoxy groups -OCH3 is 2. The maximum Gasteiger partial charge on any atom is 0.175 e. The van der Waals surface area contributed by atoms with Crippen LogP contribution in [0.4, 0.5) is 0 Å². The second-order valence-electron chi connectivity index (χ2n) is 5.86. The molecule has 0 aliphatic carbocycles. The number of nitrogens with zero attached hydrogens (tertiary/aromatic N) is 3. The fraction of sp³-hybridized carbons (Fsp3) is 0.471. The van der Waals surface area contributed by atoms with Gasteiger partial charge in [0.15, 0.2) is 11.5 Å². The smallest absolute Gasteiger partial charge is 0.175 e. The van der Waals surface area contributed by atoms with Crippen LogP contribution in [-0.2, 0) is 13.6 Å². The summed E-state index contributed by atoms with van der Waals surface area (Å²) in [7, 11) is 5.35. The van der Waals surface area contributed by atoms with Crippen LogP contribution in [0.2, 0.25) is 0 Å². The fourth-order valence-corrected chi connectivity index (χ4v) is 3.77. The van der Waals surface area contributed by atoms with Crippen LogP contribution in [0.1, 0.15) is 17.4 Å². The first-order chi connectivity index (χ1) is 11.7. The third kappa shape index (κ3) is 4.11. The number of imidazole rings is 1. The summed E-state index contributed by atoms with van der Waals surface area (Å²) in [6.45, 7) is 3.67. The van der Waals surface area contributed by atoms with Gasteiger partial charge in [0, 0.05) is 45.6 Å². The van der Waals surface area contributed by atoms with Gasteiger partial charge < -0.3 is 19.4 Å². The third-order valence-electron chi connectivity index (χ3n) is 4.45. The van der Waals surface area contributed by atoms with Crippen LogP contribution in [-0.4, -0.2) is 48.3 Å². The second kappa shape index (κ2) is 8.89. The zero-order chi connectivity index (χ0) is 17.1. The Labute approximate surface area is 163 Å². The van der Waals surface area contributed by atoms with Crippen LogP contribution in [0.25, 0.3) is 0 Å². The van der Waals surface area contributed by atoms with Crippen LogP contribution in [0.3, 0.4) is 0 Å². The Bertz CT molecular complexity index is 710. The molecule has 1 aliphatic rings. The van der Waals surface area contributed by atoms with Crippen molar-refractivity contribution < 1.29 is 9.47 Å². The molecule has 0 bridgehead atoms. The Hall–Kier alpha value is -1.28. The minimum Gasteiger partial charge on any atom is -0.493 e. The van der Waals surface area contributed by atoms with E-state index in [1.807, 2.05) is 25.5 Å². The topological polar surface area (TPSA) is 51.5 Å². The van der Waals surface area contributed by atoms with Crippen LogP contribution in [0.15, 0.2) is 29.0 Å². The lowest BCUT2D eigenvalue weighted by Crippen LogP contribution is -2.46. The Morgan fingerprint density at radius 3 is 2.76 bits per heavy atom. The van der Waals surface area contributed by atoms with Crippen molar-refractivity contribution in [3.05, 3.63) is 40.4 Å². The van der Waals surface area contributed by atoms with Gasteiger partial charge in [0.1, 0.15) is 5.82 Å². The molecule has 25 heavy (non-hydrogen) atoms. The van der Waals surface area contributed by atoms with Crippen LogP contribution in [0.5, 0.6) is 11.5 Å². The highest BCUT2D eigenvalue weighted by molar-refractivity contribution is 9.10. The van der Waals surface area contributed by atoms with E-state index in [-0.39, 0.29) is 18.4 Å². The van der Waals surface area contributed by atoms with Gasteiger partial charge in [-0.2, -0.15) is 0 Å². The Morgan fingerprint density at radius 1 is 1.32 bits per heavy atom. The SMILES string of the molecule is COc1ccc(CN2CCNCC2c2nccn2C)c(Br)c1OC.Cl. The van der Waals surface area contributed by atoms with Gasteiger partial charge in [0.2, 0.25) is 0 Å². The predicted octanol–water partition coefficient (Wildman–Crippen LogP) is 2.77. The van der Waals surface area contributed by atoms with Gasteiger partial charge in [-0.25, -0.2) is 4.98 Å². The van der Waals surface area contributed by atoms with Crippen molar-refractivity contribution in [1.29, 1.82) is 0 Å².